The van der Waals surface area contributed by atoms with Crippen LogP contribution in [0.4, 0.5) is 14.9 Å². The normalized spacial score (nSPS) is 19.6. The van der Waals surface area contributed by atoms with Crippen LogP contribution in [0.15, 0.2) is 14.6 Å². The molecular weight excluding hydrogens is 439 g/mol. The van der Waals surface area contributed by atoms with Gasteiger partial charge in [-0.15, -0.1) is 15.7 Å². The molecule has 0 fully saturated rings. The second-order valence-electron chi connectivity index (χ2n) is 8.67. The quantitative estimate of drug-likeness (QED) is 0.620. The number of amides is 2. The van der Waals surface area contributed by atoms with E-state index in [0.717, 1.165) is 78.4 Å². The maximum Gasteiger partial charge on any atom is 0.354 e. The van der Waals surface area contributed by atoms with Crippen LogP contribution in [0.1, 0.15) is 73.3 Å². The van der Waals surface area contributed by atoms with E-state index in [4.69, 9.17) is 10.1 Å². The summed E-state index contributed by atoms with van der Waals surface area (Å²) in [7, 11) is -3.81. The van der Waals surface area contributed by atoms with Gasteiger partial charge in [-0.05, 0) is 69.6 Å². The molecule has 0 bridgehead atoms. The highest BCUT2D eigenvalue weighted by atomic mass is 32.2. The van der Waals surface area contributed by atoms with Crippen LogP contribution in [-0.4, -0.2) is 20.3 Å². The number of hydrogen-bond acceptors (Lipinski definition) is 5. The van der Waals surface area contributed by atoms with Crippen molar-refractivity contribution in [3.8, 4) is 0 Å². The number of aryl methyl sites for hydroxylation is 1. The summed E-state index contributed by atoms with van der Waals surface area (Å²) in [5, 5.41) is 18.7. The molecule has 7 nitrogen and oxygen atoms in total. The zero-order valence-corrected chi connectivity index (χ0v) is 19.5. The number of carbonyl (C=O) groups excluding carboxylic acids is 1. The predicted octanol–water partition coefficient (Wildman–Crippen LogP) is 4.37. The van der Waals surface area contributed by atoms with E-state index in [0.29, 0.717) is 11.6 Å². The molecule has 0 spiro atoms. The van der Waals surface area contributed by atoms with Crippen LogP contribution in [-0.2, 0) is 34.8 Å². The van der Waals surface area contributed by atoms with Crippen molar-refractivity contribution in [3.05, 3.63) is 39.3 Å². The number of fused-ring (bicyclic) bond motifs is 2. The summed E-state index contributed by atoms with van der Waals surface area (Å²) in [4.78, 5) is 17.9. The maximum absolute atomic E-state index is 14.4. The first-order chi connectivity index (χ1) is 14.5. The Balaban J connectivity index is 1.69. The highest BCUT2D eigenvalue weighted by Crippen LogP contribution is 2.42. The summed E-state index contributed by atoms with van der Waals surface area (Å²) in [5.74, 6) is -0.477. The lowest BCUT2D eigenvalue weighted by Gasteiger charge is -2.16. The summed E-state index contributed by atoms with van der Waals surface area (Å²) >= 11 is 0.756. The Morgan fingerprint density at radius 2 is 2.16 bits per heavy atom. The Morgan fingerprint density at radius 1 is 1.42 bits per heavy atom. The number of carbonyl (C=O) groups is 1. The molecule has 2 aromatic heterocycles. The van der Waals surface area contributed by atoms with Crippen molar-refractivity contribution < 1.29 is 18.5 Å². The maximum atomic E-state index is 14.4. The molecule has 4 N–H and O–H groups in total. The molecule has 2 heterocycles. The van der Waals surface area contributed by atoms with Crippen LogP contribution in [0.2, 0.25) is 0 Å². The highest BCUT2D eigenvalue weighted by Gasteiger charge is 2.31. The number of halogens is 1. The Kier molecular flexibility index (Phi) is 5.70. The number of nitrogens with one attached hydrogen (secondary N) is 1. The molecule has 0 saturated heterocycles. The number of aromatic nitrogens is 1. The molecule has 2 unspecified atom stereocenters. The van der Waals surface area contributed by atoms with Crippen LogP contribution in [0.25, 0.3) is 0 Å². The minimum atomic E-state index is -3.81. The number of pyridine rings is 1. The summed E-state index contributed by atoms with van der Waals surface area (Å²) in [6.45, 7) is 5.10. The van der Waals surface area contributed by atoms with E-state index in [1.54, 1.807) is 0 Å². The number of nitrogens with zero attached hydrogens (tertiary/aromatic N) is 2. The first-order valence-electron chi connectivity index (χ1n) is 10.4. The molecule has 0 aromatic carbocycles. The molecule has 168 valence electrons. The van der Waals surface area contributed by atoms with Gasteiger partial charge in [0.2, 0.25) is 0 Å². The molecule has 0 saturated carbocycles. The number of thiophene rings is 1. The molecule has 10 heteroatoms. The fraction of sp³-hybridized carbons (Fsp3) is 0.524. The minimum Gasteiger partial charge on any atom is -0.385 e. The number of nitrogens with two attached hydrogens (primary N) is 1. The highest BCUT2D eigenvalue weighted by molar-refractivity contribution is 7.93. The molecule has 2 amide bonds. The van der Waals surface area contributed by atoms with E-state index in [1.165, 1.54) is 13.8 Å². The van der Waals surface area contributed by atoms with Crippen molar-refractivity contribution >= 4 is 33.0 Å². The average Bonchev–Trinajstić information content (AvgIpc) is 3.38. The number of hydrogen-bond donors (Lipinski definition) is 3. The largest absolute Gasteiger partial charge is 0.385 e. The molecule has 4 rings (SSSR count). The Labute approximate surface area is 185 Å². The van der Waals surface area contributed by atoms with Gasteiger partial charge in [0.15, 0.2) is 19.9 Å². The van der Waals surface area contributed by atoms with Crippen LogP contribution in [0.5, 0.6) is 0 Å². The fourth-order valence-corrected chi connectivity index (χ4v) is 6.73. The smallest absolute Gasteiger partial charge is 0.354 e. The molecule has 0 aliphatic heterocycles. The lowest BCUT2D eigenvalue weighted by Crippen LogP contribution is -2.19. The number of aliphatic hydroxyl groups is 1. The third-order valence-corrected chi connectivity index (χ3v) is 9.30. The second kappa shape index (κ2) is 7.91. The van der Waals surface area contributed by atoms with Crippen molar-refractivity contribution in [2.75, 3.05) is 5.32 Å². The topological polar surface area (TPSA) is 118 Å². The zero-order chi connectivity index (χ0) is 22.6. The third kappa shape index (κ3) is 4.13. The van der Waals surface area contributed by atoms with Gasteiger partial charge in [0, 0.05) is 22.2 Å². The number of rotatable bonds is 4. The van der Waals surface area contributed by atoms with Crippen LogP contribution >= 0.6 is 11.3 Å². The molecule has 0 radical (unpaired) electrons. The number of urea groups is 1. The van der Waals surface area contributed by atoms with Gasteiger partial charge < -0.3 is 10.4 Å². The molecule has 2 aromatic rings. The molecule has 2 aliphatic carbocycles. The van der Waals surface area contributed by atoms with Gasteiger partial charge >= 0.3 is 6.03 Å². The lowest BCUT2D eigenvalue weighted by molar-refractivity contribution is 0.0823. The zero-order valence-electron chi connectivity index (χ0n) is 17.8. The van der Waals surface area contributed by atoms with Crippen molar-refractivity contribution in [1.82, 2.24) is 4.98 Å². The first-order valence-corrected chi connectivity index (χ1v) is 12.8. The summed E-state index contributed by atoms with van der Waals surface area (Å²) in [6.07, 6.45) is 5.43. The average molecular weight is 467 g/mol. The van der Waals surface area contributed by atoms with E-state index >= 15 is 0 Å². The van der Waals surface area contributed by atoms with E-state index in [2.05, 4.69) is 16.6 Å². The SMILES string of the molecule is CCC1CCc2c1nc1c(c2NC(=O)N=S(N)(=O)c2sc(C(C)(C)O)cc2F)CCC1. The van der Waals surface area contributed by atoms with E-state index in [9.17, 15) is 18.5 Å². The Bertz CT molecular complexity index is 1180. The fourth-order valence-electron chi connectivity index (χ4n) is 4.39. The number of anilines is 1. The van der Waals surface area contributed by atoms with Gasteiger partial charge in [-0.1, -0.05) is 6.92 Å². The minimum absolute atomic E-state index is 0.254. The monoisotopic (exact) mass is 466 g/mol. The van der Waals surface area contributed by atoms with Crippen LogP contribution in [0.3, 0.4) is 0 Å². The molecule has 31 heavy (non-hydrogen) atoms. The van der Waals surface area contributed by atoms with Crippen molar-refractivity contribution in [3.63, 3.8) is 0 Å². The Hall–Kier alpha value is -1.88. The summed E-state index contributed by atoms with van der Waals surface area (Å²) < 4.78 is 30.6. The molecular formula is C21H27FN4O3S2. The van der Waals surface area contributed by atoms with Crippen molar-refractivity contribution in [1.29, 1.82) is 0 Å². The van der Waals surface area contributed by atoms with Crippen LogP contribution < -0.4 is 10.5 Å². The van der Waals surface area contributed by atoms with Gasteiger partial charge in [0.1, 0.15) is 0 Å². The first kappa shape index (κ1) is 22.3. The van der Waals surface area contributed by atoms with Gasteiger partial charge in [-0.2, -0.15) is 0 Å². The molecule has 2 aliphatic rings. The predicted molar refractivity (Wildman–Crippen MR) is 119 cm³/mol. The van der Waals surface area contributed by atoms with Crippen LogP contribution in [0, 0.1) is 5.82 Å². The van der Waals surface area contributed by atoms with E-state index < -0.39 is 27.4 Å². The summed E-state index contributed by atoms with van der Waals surface area (Å²) in [6, 6.07) is 0.209. The van der Waals surface area contributed by atoms with Crippen molar-refractivity contribution in [2.24, 2.45) is 9.50 Å². The van der Waals surface area contributed by atoms with E-state index in [-0.39, 0.29) is 9.09 Å². The second-order valence-corrected chi connectivity index (χ2v) is 11.7. The van der Waals surface area contributed by atoms with E-state index in [1.807, 2.05) is 0 Å². The van der Waals surface area contributed by atoms with Gasteiger partial charge in [0.05, 0.1) is 11.3 Å². The Morgan fingerprint density at radius 3 is 2.81 bits per heavy atom. The van der Waals surface area contributed by atoms with Crippen molar-refractivity contribution in [2.45, 2.75) is 75.0 Å². The third-order valence-electron chi connectivity index (χ3n) is 5.95. The lowest BCUT2D eigenvalue weighted by atomic mass is 10.0. The summed E-state index contributed by atoms with van der Waals surface area (Å²) in [5.41, 5.74) is 3.45. The van der Waals surface area contributed by atoms with Gasteiger partial charge in [-0.25, -0.2) is 18.5 Å². The van der Waals surface area contributed by atoms with Gasteiger partial charge in [-0.3, -0.25) is 4.98 Å². The van der Waals surface area contributed by atoms with Gasteiger partial charge in [0.25, 0.3) is 0 Å². The standard InChI is InChI=1S/C21H27FN4O3S2/c1-4-11-8-9-13-17(11)24-15-7-5-6-12(15)18(13)25-20(27)26-31(23,29)19-14(22)10-16(30-19)21(2,3)28/h10-11,28H,4-9H2,1-3H3,(H3,23,24,25,26,27,29). The molecule has 2 atom stereocenters.